The van der Waals surface area contributed by atoms with Crippen molar-refractivity contribution in [1.29, 1.82) is 0 Å². The van der Waals surface area contributed by atoms with Gasteiger partial charge in [-0.25, -0.2) is 8.78 Å². The summed E-state index contributed by atoms with van der Waals surface area (Å²) in [5.41, 5.74) is 6.54. The lowest BCUT2D eigenvalue weighted by Gasteiger charge is -2.19. The molecule has 1 aromatic carbocycles. The Morgan fingerprint density at radius 1 is 1.28 bits per heavy atom. The maximum atomic E-state index is 12.6. The maximum absolute atomic E-state index is 12.6. The minimum absolute atomic E-state index is 0.0420. The molecule has 0 aliphatic carbocycles. The molecule has 0 bridgehead atoms. The highest BCUT2D eigenvalue weighted by Gasteiger charge is 2.12. The fourth-order valence-corrected chi connectivity index (χ4v) is 1.71. The standard InChI is InChI=1S/C13H21F2N3/c1-18(2)7-6-17-12(9-16)10-4-3-5-11(8-10)13(14)15/h3-5,8,12-13,17H,6-7,9,16H2,1-2H3. The highest BCUT2D eigenvalue weighted by atomic mass is 19.3. The van der Waals surface area contributed by atoms with Crippen molar-refractivity contribution in [3.05, 3.63) is 35.4 Å². The Morgan fingerprint density at radius 2 is 1.94 bits per heavy atom. The van der Waals surface area contributed by atoms with Crippen LogP contribution in [0, 0.1) is 0 Å². The number of halogens is 2. The first-order valence-corrected chi connectivity index (χ1v) is 6.00. The molecular weight excluding hydrogens is 236 g/mol. The van der Waals surface area contributed by atoms with Gasteiger partial charge in [-0.15, -0.1) is 0 Å². The first kappa shape index (κ1) is 15.0. The van der Waals surface area contributed by atoms with E-state index in [1.807, 2.05) is 20.2 Å². The average molecular weight is 257 g/mol. The molecule has 0 aliphatic rings. The van der Waals surface area contributed by atoms with Gasteiger partial charge in [0.05, 0.1) is 0 Å². The van der Waals surface area contributed by atoms with E-state index in [2.05, 4.69) is 10.2 Å². The van der Waals surface area contributed by atoms with Crippen molar-refractivity contribution in [2.75, 3.05) is 33.7 Å². The Morgan fingerprint density at radius 3 is 2.50 bits per heavy atom. The average Bonchev–Trinajstić information content (AvgIpc) is 2.34. The number of nitrogens with one attached hydrogen (secondary N) is 1. The molecule has 5 heteroatoms. The fraction of sp³-hybridized carbons (Fsp3) is 0.538. The number of likely N-dealkylation sites (N-methyl/N-ethyl adjacent to an activating group) is 1. The van der Waals surface area contributed by atoms with E-state index in [0.29, 0.717) is 6.54 Å². The van der Waals surface area contributed by atoms with E-state index in [4.69, 9.17) is 5.73 Å². The Balaban J connectivity index is 2.66. The number of alkyl halides is 2. The van der Waals surface area contributed by atoms with Crippen LogP contribution >= 0.6 is 0 Å². The third-order valence-electron chi connectivity index (χ3n) is 2.75. The van der Waals surface area contributed by atoms with Crippen molar-refractivity contribution in [2.45, 2.75) is 12.5 Å². The lowest BCUT2D eigenvalue weighted by Crippen LogP contribution is -2.33. The van der Waals surface area contributed by atoms with Crippen LogP contribution in [-0.2, 0) is 0 Å². The quantitative estimate of drug-likeness (QED) is 0.782. The first-order chi connectivity index (χ1) is 8.54. The summed E-state index contributed by atoms with van der Waals surface area (Å²) in [5, 5.41) is 3.27. The smallest absolute Gasteiger partial charge is 0.263 e. The van der Waals surface area contributed by atoms with Crippen molar-refractivity contribution in [1.82, 2.24) is 10.2 Å². The van der Waals surface area contributed by atoms with E-state index in [0.717, 1.165) is 18.7 Å². The summed E-state index contributed by atoms with van der Waals surface area (Å²) >= 11 is 0. The summed E-state index contributed by atoms with van der Waals surface area (Å²) in [5.74, 6) is 0. The van der Waals surface area contributed by atoms with Gasteiger partial charge in [0.15, 0.2) is 0 Å². The predicted molar refractivity (Wildman–Crippen MR) is 69.8 cm³/mol. The molecule has 18 heavy (non-hydrogen) atoms. The van der Waals surface area contributed by atoms with Crippen molar-refractivity contribution < 1.29 is 8.78 Å². The largest absolute Gasteiger partial charge is 0.329 e. The Bertz CT molecular complexity index is 356. The van der Waals surface area contributed by atoms with Crippen LogP contribution in [0.2, 0.25) is 0 Å². The first-order valence-electron chi connectivity index (χ1n) is 6.00. The van der Waals surface area contributed by atoms with Gasteiger partial charge in [-0.1, -0.05) is 18.2 Å². The molecule has 1 unspecified atom stereocenters. The second-order valence-corrected chi connectivity index (χ2v) is 4.52. The molecule has 0 aromatic heterocycles. The number of hydrogen-bond acceptors (Lipinski definition) is 3. The molecule has 0 fully saturated rings. The van der Waals surface area contributed by atoms with E-state index in [-0.39, 0.29) is 11.6 Å². The SMILES string of the molecule is CN(C)CCNC(CN)c1cccc(C(F)F)c1. The molecule has 1 atom stereocenters. The predicted octanol–water partition coefficient (Wildman–Crippen LogP) is 1.78. The summed E-state index contributed by atoms with van der Waals surface area (Å²) in [6.45, 7) is 2.04. The minimum atomic E-state index is -2.44. The Labute approximate surface area is 107 Å². The van der Waals surface area contributed by atoms with E-state index in [1.165, 1.54) is 12.1 Å². The van der Waals surface area contributed by atoms with Gasteiger partial charge in [0.1, 0.15) is 0 Å². The second-order valence-electron chi connectivity index (χ2n) is 4.52. The molecule has 102 valence electrons. The highest BCUT2D eigenvalue weighted by Crippen LogP contribution is 2.22. The van der Waals surface area contributed by atoms with Gasteiger partial charge in [-0.05, 0) is 25.7 Å². The third kappa shape index (κ3) is 4.68. The van der Waals surface area contributed by atoms with Crippen LogP contribution in [0.25, 0.3) is 0 Å². The topological polar surface area (TPSA) is 41.3 Å². The van der Waals surface area contributed by atoms with Crippen LogP contribution in [0.3, 0.4) is 0 Å². The molecule has 0 amide bonds. The van der Waals surface area contributed by atoms with Gasteiger partial charge in [0.25, 0.3) is 6.43 Å². The van der Waals surface area contributed by atoms with Gasteiger partial charge in [0.2, 0.25) is 0 Å². The van der Waals surface area contributed by atoms with Gasteiger partial charge >= 0.3 is 0 Å². The van der Waals surface area contributed by atoms with Gasteiger partial charge in [-0.3, -0.25) is 0 Å². The zero-order valence-electron chi connectivity index (χ0n) is 10.9. The molecule has 0 heterocycles. The number of benzene rings is 1. The molecule has 3 N–H and O–H groups in total. The normalized spacial score (nSPS) is 13.3. The monoisotopic (exact) mass is 257 g/mol. The molecule has 0 aliphatic heterocycles. The van der Waals surface area contributed by atoms with E-state index in [1.54, 1.807) is 6.07 Å². The molecule has 1 aromatic rings. The number of nitrogens with zero attached hydrogens (tertiary/aromatic N) is 1. The highest BCUT2D eigenvalue weighted by molar-refractivity contribution is 5.27. The zero-order valence-corrected chi connectivity index (χ0v) is 10.9. The maximum Gasteiger partial charge on any atom is 0.263 e. The van der Waals surface area contributed by atoms with Crippen LogP contribution in [-0.4, -0.2) is 38.6 Å². The zero-order chi connectivity index (χ0) is 13.5. The van der Waals surface area contributed by atoms with Crippen molar-refractivity contribution >= 4 is 0 Å². The molecule has 0 radical (unpaired) electrons. The van der Waals surface area contributed by atoms with E-state index >= 15 is 0 Å². The molecule has 0 saturated carbocycles. The molecule has 1 rings (SSSR count). The van der Waals surface area contributed by atoms with Crippen LogP contribution in [0.1, 0.15) is 23.6 Å². The lowest BCUT2D eigenvalue weighted by atomic mass is 10.0. The molecule has 0 spiro atoms. The molecular formula is C13H21F2N3. The lowest BCUT2D eigenvalue weighted by molar-refractivity contribution is 0.151. The fourth-order valence-electron chi connectivity index (χ4n) is 1.71. The van der Waals surface area contributed by atoms with Crippen molar-refractivity contribution in [3.8, 4) is 0 Å². The summed E-state index contributed by atoms with van der Waals surface area (Å²) in [6.07, 6.45) is -2.44. The number of hydrogen-bond donors (Lipinski definition) is 2. The van der Waals surface area contributed by atoms with Gasteiger partial charge < -0.3 is 16.0 Å². The molecule has 3 nitrogen and oxygen atoms in total. The van der Waals surface area contributed by atoms with Crippen LogP contribution in [0.5, 0.6) is 0 Å². The summed E-state index contributed by atoms with van der Waals surface area (Å²) in [6, 6.07) is 6.34. The van der Waals surface area contributed by atoms with Crippen molar-refractivity contribution in [3.63, 3.8) is 0 Å². The second kappa shape index (κ2) is 7.41. The van der Waals surface area contributed by atoms with E-state index in [9.17, 15) is 8.78 Å². The van der Waals surface area contributed by atoms with Gasteiger partial charge in [0, 0.05) is 31.2 Å². The summed E-state index contributed by atoms with van der Waals surface area (Å²) < 4.78 is 25.2. The Kier molecular flexibility index (Phi) is 6.18. The third-order valence-corrected chi connectivity index (χ3v) is 2.75. The number of nitrogens with two attached hydrogens (primary N) is 1. The molecule has 0 saturated heterocycles. The van der Waals surface area contributed by atoms with Crippen molar-refractivity contribution in [2.24, 2.45) is 5.73 Å². The van der Waals surface area contributed by atoms with E-state index < -0.39 is 6.43 Å². The summed E-state index contributed by atoms with van der Waals surface area (Å²) in [7, 11) is 3.97. The van der Waals surface area contributed by atoms with Crippen LogP contribution < -0.4 is 11.1 Å². The van der Waals surface area contributed by atoms with Crippen LogP contribution in [0.4, 0.5) is 8.78 Å². The van der Waals surface area contributed by atoms with Crippen LogP contribution in [0.15, 0.2) is 24.3 Å². The minimum Gasteiger partial charge on any atom is -0.329 e. The Hall–Kier alpha value is -1.04. The number of rotatable bonds is 7. The summed E-state index contributed by atoms with van der Waals surface area (Å²) in [4.78, 5) is 2.05. The van der Waals surface area contributed by atoms with Gasteiger partial charge in [-0.2, -0.15) is 0 Å².